The van der Waals surface area contributed by atoms with E-state index in [9.17, 15) is 0 Å². The van der Waals surface area contributed by atoms with Gasteiger partial charge in [0.15, 0.2) is 17.3 Å². The van der Waals surface area contributed by atoms with E-state index < -0.39 is 0 Å². The highest BCUT2D eigenvalue weighted by Gasteiger charge is 2.13. The molecule has 2 aromatic heterocycles. The van der Waals surface area contributed by atoms with E-state index in [-0.39, 0.29) is 0 Å². The predicted octanol–water partition coefficient (Wildman–Crippen LogP) is 4.02. The predicted molar refractivity (Wildman–Crippen MR) is 110 cm³/mol. The van der Waals surface area contributed by atoms with Crippen LogP contribution in [0.1, 0.15) is 30.2 Å². The lowest BCUT2D eigenvalue weighted by molar-refractivity contribution is 0.324. The van der Waals surface area contributed by atoms with Gasteiger partial charge in [0, 0.05) is 0 Å². The monoisotopic (exact) mass is 406 g/mol. The van der Waals surface area contributed by atoms with E-state index >= 15 is 0 Å². The highest BCUT2D eigenvalue weighted by atomic mass is 32.2. The van der Waals surface area contributed by atoms with Gasteiger partial charge >= 0.3 is 0 Å². The molecular weight excluding hydrogens is 384 g/mol. The number of benzene rings is 1. The molecule has 0 saturated carbocycles. The summed E-state index contributed by atoms with van der Waals surface area (Å²) >= 11 is 3.31. The topological polar surface area (TPSA) is 70.8 Å². The Bertz CT molecular complexity index is 924. The highest BCUT2D eigenvalue weighted by Crippen LogP contribution is 2.38. The largest absolute Gasteiger partial charge is 0.493 e. The third kappa shape index (κ3) is 4.36. The molecule has 7 nitrogen and oxygen atoms in total. The zero-order valence-corrected chi connectivity index (χ0v) is 17.6. The van der Waals surface area contributed by atoms with E-state index in [0.717, 1.165) is 27.1 Å². The second-order valence-electron chi connectivity index (χ2n) is 5.90. The molecule has 0 aliphatic heterocycles. The zero-order chi connectivity index (χ0) is 19.4. The van der Waals surface area contributed by atoms with Crippen molar-refractivity contribution in [1.29, 1.82) is 0 Å². The molecule has 3 rings (SSSR count). The van der Waals surface area contributed by atoms with Crippen LogP contribution in [0.3, 0.4) is 0 Å². The smallest absolute Gasteiger partial charge is 0.234 e. The van der Waals surface area contributed by atoms with Crippen LogP contribution in [0.2, 0.25) is 0 Å². The Labute approximate surface area is 166 Å². The number of thioether (sulfide) groups is 1. The van der Waals surface area contributed by atoms with Gasteiger partial charge in [-0.1, -0.05) is 31.3 Å². The maximum absolute atomic E-state index is 5.39. The van der Waals surface area contributed by atoms with Crippen LogP contribution >= 0.6 is 23.1 Å². The Balaban J connectivity index is 1.85. The molecule has 0 atom stereocenters. The maximum atomic E-state index is 5.39. The summed E-state index contributed by atoms with van der Waals surface area (Å²) in [5.41, 5.74) is 0.922. The summed E-state index contributed by atoms with van der Waals surface area (Å²) in [7, 11) is 4.79. The number of rotatable bonds is 8. The number of nitrogens with zero attached hydrogens (tertiary/aromatic N) is 4. The summed E-state index contributed by atoms with van der Waals surface area (Å²) in [6.07, 6.45) is 3.90. The van der Waals surface area contributed by atoms with E-state index in [2.05, 4.69) is 29.1 Å². The van der Waals surface area contributed by atoms with Crippen LogP contribution in [0, 0.1) is 0 Å². The number of fused-ring (bicyclic) bond motifs is 1. The Morgan fingerprint density at radius 1 is 1.07 bits per heavy atom. The van der Waals surface area contributed by atoms with Gasteiger partial charge in [0.05, 0.1) is 27.1 Å². The summed E-state index contributed by atoms with van der Waals surface area (Å²) in [5, 5.41) is 14.4. The first kappa shape index (κ1) is 19.5. The molecule has 0 N–H and O–H groups in total. The number of methoxy groups -OCH3 is 3. The van der Waals surface area contributed by atoms with Crippen LogP contribution in [0.25, 0.3) is 17.1 Å². The average Bonchev–Trinajstić information content (AvgIpc) is 3.24. The Morgan fingerprint density at radius 2 is 1.78 bits per heavy atom. The fourth-order valence-corrected chi connectivity index (χ4v) is 3.86. The molecule has 0 unspecified atom stereocenters. The lowest BCUT2D eigenvalue weighted by atomic mass is 10.1. The van der Waals surface area contributed by atoms with Crippen LogP contribution in [-0.4, -0.2) is 46.4 Å². The van der Waals surface area contributed by atoms with E-state index in [1.54, 1.807) is 21.3 Å². The summed E-state index contributed by atoms with van der Waals surface area (Å²) in [5.74, 6) is 3.46. The molecule has 0 aliphatic rings. The molecule has 9 heteroatoms. The highest BCUT2D eigenvalue weighted by molar-refractivity contribution is 7.99. The van der Waals surface area contributed by atoms with Gasteiger partial charge in [-0.25, -0.2) is 0 Å². The van der Waals surface area contributed by atoms with Crippen molar-refractivity contribution in [1.82, 2.24) is 19.8 Å². The molecule has 0 fully saturated rings. The SMILES string of the molecule is COc1cc(/C=C/c2nn3c(CSC(C)C)nnc3s2)cc(OC)c1OC. The Morgan fingerprint density at radius 3 is 2.37 bits per heavy atom. The maximum Gasteiger partial charge on any atom is 0.234 e. The quantitative estimate of drug-likeness (QED) is 0.559. The van der Waals surface area contributed by atoms with Gasteiger partial charge in [-0.05, 0) is 29.0 Å². The molecule has 0 amide bonds. The molecule has 0 bridgehead atoms. The molecule has 2 heterocycles. The minimum Gasteiger partial charge on any atom is -0.493 e. The van der Waals surface area contributed by atoms with Gasteiger partial charge in [0.25, 0.3) is 0 Å². The van der Waals surface area contributed by atoms with Crippen LogP contribution < -0.4 is 14.2 Å². The Kier molecular flexibility index (Phi) is 6.22. The van der Waals surface area contributed by atoms with Crippen molar-refractivity contribution >= 4 is 40.2 Å². The van der Waals surface area contributed by atoms with Crippen LogP contribution in [0.5, 0.6) is 17.2 Å². The van der Waals surface area contributed by atoms with Crippen molar-refractivity contribution < 1.29 is 14.2 Å². The standard InChI is InChI=1S/C18H22N4O3S2/c1-11(2)26-10-15-19-20-18-22(15)21-16(27-18)7-6-12-8-13(23-3)17(25-5)14(9-12)24-4/h6-9,11H,10H2,1-5H3/b7-6+. The third-order valence-corrected chi connectivity index (χ3v) is 5.68. The van der Waals surface area contributed by atoms with Gasteiger partial charge < -0.3 is 14.2 Å². The van der Waals surface area contributed by atoms with E-state index in [0.29, 0.717) is 22.5 Å². The Hall–Kier alpha value is -2.26. The van der Waals surface area contributed by atoms with E-state index in [4.69, 9.17) is 14.2 Å². The van der Waals surface area contributed by atoms with E-state index in [1.165, 1.54) is 11.3 Å². The first-order chi connectivity index (χ1) is 13.0. The van der Waals surface area contributed by atoms with Gasteiger partial charge in [-0.3, -0.25) is 0 Å². The first-order valence-corrected chi connectivity index (χ1v) is 10.2. The molecular formula is C18H22N4O3S2. The van der Waals surface area contributed by atoms with Crippen molar-refractivity contribution in [2.45, 2.75) is 24.9 Å². The van der Waals surface area contributed by atoms with Crippen LogP contribution in [0.4, 0.5) is 0 Å². The normalized spacial score (nSPS) is 11.6. The van der Waals surface area contributed by atoms with Crippen LogP contribution in [0.15, 0.2) is 12.1 Å². The van der Waals surface area contributed by atoms with Crippen molar-refractivity contribution in [2.24, 2.45) is 0 Å². The number of hydrogen-bond acceptors (Lipinski definition) is 8. The summed E-state index contributed by atoms with van der Waals surface area (Å²) < 4.78 is 18.0. The number of hydrogen-bond donors (Lipinski definition) is 0. The zero-order valence-electron chi connectivity index (χ0n) is 15.9. The van der Waals surface area contributed by atoms with Gasteiger partial charge in [-0.2, -0.15) is 21.4 Å². The molecule has 0 aliphatic carbocycles. The minimum absolute atomic E-state index is 0.537. The summed E-state index contributed by atoms with van der Waals surface area (Å²) in [6.45, 7) is 4.32. The average molecular weight is 407 g/mol. The molecule has 3 aromatic rings. The second kappa shape index (κ2) is 8.62. The fourth-order valence-electron chi connectivity index (χ4n) is 2.44. The molecule has 0 spiro atoms. The molecule has 144 valence electrons. The van der Waals surface area contributed by atoms with Crippen molar-refractivity contribution in [3.8, 4) is 17.2 Å². The molecule has 1 aromatic carbocycles. The lowest BCUT2D eigenvalue weighted by Crippen LogP contribution is -1.96. The van der Waals surface area contributed by atoms with Crippen molar-refractivity contribution in [2.75, 3.05) is 21.3 Å². The number of ether oxygens (including phenoxy) is 3. The van der Waals surface area contributed by atoms with Crippen molar-refractivity contribution in [3.05, 3.63) is 28.5 Å². The number of aromatic nitrogens is 4. The summed E-state index contributed by atoms with van der Waals surface area (Å²) in [6, 6.07) is 3.78. The molecule has 27 heavy (non-hydrogen) atoms. The minimum atomic E-state index is 0.537. The van der Waals surface area contributed by atoms with Crippen molar-refractivity contribution in [3.63, 3.8) is 0 Å². The molecule has 0 saturated heterocycles. The third-order valence-electron chi connectivity index (χ3n) is 3.72. The fraction of sp³-hybridized carbons (Fsp3) is 0.389. The van der Waals surface area contributed by atoms with Gasteiger partial charge in [-0.15, -0.1) is 10.2 Å². The van der Waals surface area contributed by atoms with E-state index in [1.807, 2.05) is 40.6 Å². The lowest BCUT2D eigenvalue weighted by Gasteiger charge is -2.12. The first-order valence-electron chi connectivity index (χ1n) is 8.36. The second-order valence-corrected chi connectivity index (χ2v) is 8.46. The molecule has 0 radical (unpaired) electrons. The van der Waals surface area contributed by atoms with Gasteiger partial charge in [0.1, 0.15) is 5.01 Å². The summed E-state index contributed by atoms with van der Waals surface area (Å²) in [4.78, 5) is 0.791. The van der Waals surface area contributed by atoms with Crippen LogP contribution in [-0.2, 0) is 5.75 Å². The van der Waals surface area contributed by atoms with Gasteiger partial charge in [0.2, 0.25) is 10.7 Å².